The van der Waals surface area contributed by atoms with Gasteiger partial charge in [-0.2, -0.15) is 0 Å². The summed E-state index contributed by atoms with van der Waals surface area (Å²) in [5, 5.41) is 0. The molecule has 3 rings (SSSR count). The van der Waals surface area contributed by atoms with Crippen molar-refractivity contribution in [1.29, 1.82) is 0 Å². The number of rotatable bonds is 5. The van der Waals surface area contributed by atoms with Crippen LogP contribution in [0.3, 0.4) is 0 Å². The highest BCUT2D eigenvalue weighted by molar-refractivity contribution is 5.85. The van der Waals surface area contributed by atoms with E-state index in [2.05, 4.69) is 12.1 Å². The number of fused-ring (bicyclic) bond motifs is 1. The molecule has 0 aromatic heterocycles. The Balaban J connectivity index is 1.70. The van der Waals surface area contributed by atoms with E-state index >= 15 is 0 Å². The van der Waals surface area contributed by atoms with Gasteiger partial charge < -0.3 is 16.2 Å². The maximum absolute atomic E-state index is 11.5. The Kier molecular flexibility index (Phi) is 2.97. The van der Waals surface area contributed by atoms with Gasteiger partial charge in [-0.25, -0.2) is 0 Å². The molecule has 0 aliphatic heterocycles. The van der Waals surface area contributed by atoms with Crippen molar-refractivity contribution in [2.75, 3.05) is 6.61 Å². The minimum atomic E-state index is -1.01. The van der Waals surface area contributed by atoms with Crippen molar-refractivity contribution < 1.29 is 9.53 Å². The average molecular weight is 260 g/mol. The Hall–Kier alpha value is -1.55. The van der Waals surface area contributed by atoms with E-state index in [4.69, 9.17) is 16.2 Å². The van der Waals surface area contributed by atoms with Crippen LogP contribution in [-0.2, 0) is 17.6 Å². The van der Waals surface area contributed by atoms with Crippen LogP contribution in [-0.4, -0.2) is 18.1 Å². The Morgan fingerprint density at radius 3 is 2.74 bits per heavy atom. The molecule has 2 aliphatic rings. The second-order valence-corrected chi connectivity index (χ2v) is 5.75. The van der Waals surface area contributed by atoms with Crippen LogP contribution in [0.1, 0.15) is 30.4 Å². The summed E-state index contributed by atoms with van der Waals surface area (Å²) >= 11 is 0. The number of carbonyl (C=O) groups excluding carboxylic acids is 1. The van der Waals surface area contributed by atoms with E-state index in [1.54, 1.807) is 0 Å². The molecule has 1 atom stereocenters. The molecule has 0 heterocycles. The monoisotopic (exact) mass is 260 g/mol. The molecule has 4 nitrogen and oxygen atoms in total. The summed E-state index contributed by atoms with van der Waals surface area (Å²) in [6, 6.07) is 6.13. The normalized spacial score (nSPS) is 20.7. The van der Waals surface area contributed by atoms with Crippen molar-refractivity contribution in [3.8, 4) is 5.75 Å². The number of carbonyl (C=O) groups is 1. The second kappa shape index (κ2) is 4.53. The molecule has 4 heteroatoms. The molecule has 4 N–H and O–H groups in total. The lowest BCUT2D eigenvalue weighted by atomic mass is 9.95. The lowest BCUT2D eigenvalue weighted by molar-refractivity contribution is -0.125. The van der Waals surface area contributed by atoms with E-state index in [1.165, 1.54) is 17.5 Å². The predicted molar refractivity (Wildman–Crippen MR) is 72.8 cm³/mol. The zero-order chi connectivity index (χ0) is 13.5. The highest BCUT2D eigenvalue weighted by Gasteiger charge is 2.47. The molecule has 1 unspecified atom stereocenters. The minimum absolute atomic E-state index is 0.172. The third kappa shape index (κ3) is 2.32. The summed E-state index contributed by atoms with van der Waals surface area (Å²) in [6.45, 7) is 0.172. The lowest BCUT2D eigenvalue weighted by Crippen LogP contribution is -2.58. The van der Waals surface area contributed by atoms with Crippen LogP contribution in [0.2, 0.25) is 0 Å². The number of amides is 1. The molecular formula is C15H20N2O2. The third-order valence-corrected chi connectivity index (χ3v) is 4.31. The maximum Gasteiger partial charge on any atom is 0.241 e. The van der Waals surface area contributed by atoms with Gasteiger partial charge >= 0.3 is 0 Å². The first-order valence-electron chi connectivity index (χ1n) is 6.93. The molecule has 19 heavy (non-hydrogen) atoms. The molecule has 102 valence electrons. The molecule has 2 aliphatic carbocycles. The number of aryl methyl sites for hydroxylation is 2. The molecule has 1 saturated carbocycles. The van der Waals surface area contributed by atoms with Crippen LogP contribution in [0, 0.1) is 5.92 Å². The van der Waals surface area contributed by atoms with Gasteiger partial charge in [0.2, 0.25) is 5.91 Å². The Morgan fingerprint density at radius 1 is 1.32 bits per heavy atom. The summed E-state index contributed by atoms with van der Waals surface area (Å²) in [6.07, 6.45) is 5.40. The third-order valence-electron chi connectivity index (χ3n) is 4.31. The van der Waals surface area contributed by atoms with E-state index in [0.717, 1.165) is 31.4 Å². The molecule has 0 radical (unpaired) electrons. The Labute approximate surface area is 113 Å². The zero-order valence-electron chi connectivity index (χ0n) is 11.0. The van der Waals surface area contributed by atoms with Crippen molar-refractivity contribution in [2.45, 2.75) is 37.6 Å². The van der Waals surface area contributed by atoms with Crippen LogP contribution >= 0.6 is 0 Å². The van der Waals surface area contributed by atoms with Gasteiger partial charge in [0.1, 0.15) is 17.9 Å². The van der Waals surface area contributed by atoms with Gasteiger partial charge in [0.05, 0.1) is 0 Å². The van der Waals surface area contributed by atoms with E-state index in [0.29, 0.717) is 0 Å². The summed E-state index contributed by atoms with van der Waals surface area (Å²) in [7, 11) is 0. The van der Waals surface area contributed by atoms with Crippen LogP contribution in [0.15, 0.2) is 18.2 Å². The summed E-state index contributed by atoms with van der Waals surface area (Å²) in [4.78, 5) is 11.5. The molecular weight excluding hydrogens is 240 g/mol. The van der Waals surface area contributed by atoms with Crippen LogP contribution < -0.4 is 16.2 Å². The zero-order valence-corrected chi connectivity index (χ0v) is 11.0. The molecule has 0 saturated heterocycles. The Morgan fingerprint density at radius 2 is 2.05 bits per heavy atom. The predicted octanol–water partition coefficient (Wildman–Crippen LogP) is 1.15. The summed E-state index contributed by atoms with van der Waals surface area (Å²) < 4.78 is 5.73. The van der Waals surface area contributed by atoms with Crippen molar-refractivity contribution in [3.05, 3.63) is 29.3 Å². The van der Waals surface area contributed by atoms with Crippen molar-refractivity contribution >= 4 is 5.91 Å². The molecule has 0 bridgehead atoms. The first-order valence-corrected chi connectivity index (χ1v) is 6.93. The van der Waals surface area contributed by atoms with E-state index in [1.807, 2.05) is 6.07 Å². The molecule has 1 aromatic carbocycles. The van der Waals surface area contributed by atoms with E-state index < -0.39 is 11.4 Å². The number of ether oxygens (including phenoxy) is 1. The van der Waals surface area contributed by atoms with E-state index in [-0.39, 0.29) is 12.5 Å². The average Bonchev–Trinajstić information content (AvgIpc) is 3.14. The quantitative estimate of drug-likeness (QED) is 0.833. The van der Waals surface area contributed by atoms with Crippen LogP contribution in [0.5, 0.6) is 5.75 Å². The topological polar surface area (TPSA) is 78.3 Å². The smallest absolute Gasteiger partial charge is 0.241 e. The summed E-state index contributed by atoms with van der Waals surface area (Å²) in [5.74, 6) is 0.507. The number of nitrogens with two attached hydrogens (primary N) is 2. The van der Waals surface area contributed by atoms with Gasteiger partial charge in [-0.3, -0.25) is 4.79 Å². The van der Waals surface area contributed by atoms with Crippen molar-refractivity contribution in [1.82, 2.24) is 0 Å². The molecule has 1 fully saturated rings. The highest BCUT2D eigenvalue weighted by atomic mass is 16.5. The fourth-order valence-corrected chi connectivity index (χ4v) is 2.83. The highest BCUT2D eigenvalue weighted by Crippen LogP contribution is 2.38. The van der Waals surface area contributed by atoms with Crippen molar-refractivity contribution in [3.63, 3.8) is 0 Å². The SMILES string of the molecule is NC(=O)C(N)(COc1ccc2c(c1)CCC2)C1CC1. The molecule has 1 aromatic rings. The largest absolute Gasteiger partial charge is 0.491 e. The standard InChI is InChI=1S/C15H20N2O2/c16-14(18)15(17,12-5-6-12)9-19-13-7-4-10-2-1-3-11(10)8-13/h4,7-8,12H,1-3,5-6,9,17H2,(H2,16,18). The van der Waals surface area contributed by atoms with Gasteiger partial charge in [0.15, 0.2) is 0 Å². The van der Waals surface area contributed by atoms with Crippen LogP contribution in [0.4, 0.5) is 0 Å². The Bertz CT molecular complexity index is 511. The number of primary amides is 1. The van der Waals surface area contributed by atoms with Crippen LogP contribution in [0.25, 0.3) is 0 Å². The molecule has 1 amide bonds. The summed E-state index contributed by atoms with van der Waals surface area (Å²) in [5.41, 5.74) is 13.3. The minimum Gasteiger partial charge on any atom is -0.491 e. The number of hydrogen-bond acceptors (Lipinski definition) is 3. The first-order chi connectivity index (χ1) is 9.09. The second-order valence-electron chi connectivity index (χ2n) is 5.75. The van der Waals surface area contributed by atoms with Gasteiger partial charge in [-0.15, -0.1) is 0 Å². The fraction of sp³-hybridized carbons (Fsp3) is 0.533. The van der Waals surface area contributed by atoms with E-state index in [9.17, 15) is 4.79 Å². The van der Waals surface area contributed by atoms with Gasteiger partial charge in [0.25, 0.3) is 0 Å². The van der Waals surface area contributed by atoms with Gasteiger partial charge in [-0.1, -0.05) is 6.07 Å². The number of hydrogen-bond donors (Lipinski definition) is 2. The fourth-order valence-electron chi connectivity index (χ4n) is 2.83. The first kappa shape index (κ1) is 12.5. The van der Waals surface area contributed by atoms with Gasteiger partial charge in [-0.05, 0) is 61.3 Å². The maximum atomic E-state index is 11.5. The van der Waals surface area contributed by atoms with Gasteiger partial charge in [0, 0.05) is 0 Å². The molecule has 0 spiro atoms. The number of benzene rings is 1. The lowest BCUT2D eigenvalue weighted by Gasteiger charge is -2.25. The van der Waals surface area contributed by atoms with Crippen molar-refractivity contribution in [2.24, 2.45) is 17.4 Å².